The van der Waals surface area contributed by atoms with Crippen molar-refractivity contribution in [3.63, 3.8) is 0 Å². The lowest BCUT2D eigenvalue weighted by molar-refractivity contribution is -0.870. The van der Waals surface area contributed by atoms with E-state index in [0.717, 1.165) is 0 Å². The summed E-state index contributed by atoms with van der Waals surface area (Å²) in [6.45, 7) is 7.18. The molecule has 0 aromatic heterocycles. The molecule has 0 aromatic carbocycles. The van der Waals surface area contributed by atoms with Gasteiger partial charge < -0.3 is 14.5 Å². The SMILES string of the molecule is CCC(C)(CC(C)(C)OP(=O)(O)OCC[N+](C)(C)C)C(=O)O. The molecule has 0 fully saturated rings. The molecule has 0 spiro atoms. The molecule has 8 heteroatoms. The smallest absolute Gasteiger partial charge is 0.472 e. The van der Waals surface area contributed by atoms with Crippen LogP contribution in [0.1, 0.15) is 40.5 Å². The quantitative estimate of drug-likeness (QED) is 0.469. The van der Waals surface area contributed by atoms with Crippen LogP contribution in [0.3, 0.4) is 0 Å². The van der Waals surface area contributed by atoms with E-state index < -0.39 is 24.8 Å². The van der Waals surface area contributed by atoms with E-state index in [0.29, 0.717) is 17.4 Å². The van der Waals surface area contributed by atoms with Crippen LogP contribution < -0.4 is 0 Å². The lowest BCUT2D eigenvalue weighted by atomic mass is 9.78. The molecule has 132 valence electrons. The highest BCUT2D eigenvalue weighted by atomic mass is 31.2. The number of carboxylic acids is 1. The Kier molecular flexibility index (Phi) is 7.25. The number of likely N-dealkylation sites (N-methyl/N-ethyl adjacent to an activating group) is 1. The van der Waals surface area contributed by atoms with E-state index in [9.17, 15) is 19.4 Å². The third-order valence-electron chi connectivity index (χ3n) is 3.49. The normalized spacial score (nSPS) is 18.5. The number of hydrogen-bond donors (Lipinski definition) is 2. The van der Waals surface area contributed by atoms with Gasteiger partial charge >= 0.3 is 13.8 Å². The summed E-state index contributed by atoms with van der Waals surface area (Å²) >= 11 is 0. The van der Waals surface area contributed by atoms with Crippen LogP contribution >= 0.6 is 7.82 Å². The number of phosphoric ester groups is 1. The van der Waals surface area contributed by atoms with E-state index in [-0.39, 0.29) is 13.0 Å². The van der Waals surface area contributed by atoms with Crippen molar-refractivity contribution in [2.24, 2.45) is 5.41 Å². The van der Waals surface area contributed by atoms with E-state index in [1.54, 1.807) is 27.7 Å². The van der Waals surface area contributed by atoms with Crippen molar-refractivity contribution in [2.75, 3.05) is 34.3 Å². The number of aliphatic carboxylic acids is 1. The van der Waals surface area contributed by atoms with E-state index in [4.69, 9.17) is 9.05 Å². The average molecular weight is 340 g/mol. The lowest BCUT2D eigenvalue weighted by Crippen LogP contribution is -2.38. The fourth-order valence-corrected chi connectivity index (χ4v) is 3.15. The Morgan fingerprint density at radius 3 is 2.09 bits per heavy atom. The number of carboxylic acid groups (broad SMARTS) is 1. The molecule has 0 aliphatic carbocycles. The highest BCUT2D eigenvalue weighted by Gasteiger charge is 2.41. The van der Waals surface area contributed by atoms with Gasteiger partial charge in [0.2, 0.25) is 0 Å². The van der Waals surface area contributed by atoms with E-state index >= 15 is 0 Å². The predicted octanol–water partition coefficient (Wildman–Crippen LogP) is 2.50. The fraction of sp³-hybridized carbons (Fsp3) is 0.929. The molecular weight excluding hydrogens is 309 g/mol. The third-order valence-corrected chi connectivity index (χ3v) is 4.73. The molecule has 2 unspecified atom stereocenters. The maximum absolute atomic E-state index is 12.0. The molecule has 0 saturated carbocycles. The van der Waals surface area contributed by atoms with Gasteiger partial charge in [0.05, 0.1) is 32.2 Å². The Hall–Kier alpha value is -0.460. The van der Waals surface area contributed by atoms with Crippen molar-refractivity contribution < 1.29 is 32.9 Å². The standard InChI is InChI=1S/C14H30NO6P/c1-8-14(4,12(16)17)11-13(2,3)21-22(18,19)20-10-9-15(5,6)7/h8-11H2,1-7H3,(H-,16,17,18,19)/p+1. The Bertz CT molecular complexity index is 432. The molecule has 2 atom stereocenters. The van der Waals surface area contributed by atoms with Gasteiger partial charge in [-0.25, -0.2) is 4.57 Å². The maximum Gasteiger partial charge on any atom is 0.472 e. The Balaban J connectivity index is 4.74. The second-order valence-electron chi connectivity index (χ2n) is 7.56. The zero-order chi connectivity index (χ0) is 17.8. The maximum atomic E-state index is 12.0. The Morgan fingerprint density at radius 1 is 1.23 bits per heavy atom. The summed E-state index contributed by atoms with van der Waals surface area (Å²) < 4.78 is 22.8. The van der Waals surface area contributed by atoms with Crippen molar-refractivity contribution in [3.05, 3.63) is 0 Å². The minimum atomic E-state index is -4.23. The molecule has 0 saturated heterocycles. The van der Waals surface area contributed by atoms with Crippen molar-refractivity contribution in [2.45, 2.75) is 46.1 Å². The minimum Gasteiger partial charge on any atom is -0.481 e. The molecule has 0 radical (unpaired) electrons. The third kappa shape index (κ3) is 8.25. The van der Waals surface area contributed by atoms with Crippen molar-refractivity contribution in [3.8, 4) is 0 Å². The van der Waals surface area contributed by atoms with Gasteiger partial charge in [-0.05, 0) is 33.6 Å². The van der Waals surface area contributed by atoms with Crippen LogP contribution in [0.15, 0.2) is 0 Å². The number of rotatable bonds is 10. The molecule has 0 bridgehead atoms. The molecule has 0 aliphatic heterocycles. The highest BCUT2D eigenvalue weighted by molar-refractivity contribution is 7.47. The monoisotopic (exact) mass is 340 g/mol. The molecule has 0 heterocycles. The average Bonchev–Trinajstić information content (AvgIpc) is 2.23. The van der Waals surface area contributed by atoms with Gasteiger partial charge in [-0.15, -0.1) is 0 Å². The predicted molar refractivity (Wildman–Crippen MR) is 84.5 cm³/mol. The number of phosphoric acid groups is 1. The Morgan fingerprint density at radius 2 is 1.73 bits per heavy atom. The summed E-state index contributed by atoms with van der Waals surface area (Å²) in [4.78, 5) is 21.2. The zero-order valence-corrected chi connectivity index (χ0v) is 15.6. The van der Waals surface area contributed by atoms with Crippen molar-refractivity contribution in [1.82, 2.24) is 0 Å². The molecule has 7 nitrogen and oxygen atoms in total. The van der Waals surface area contributed by atoms with Crippen LogP contribution in [0.2, 0.25) is 0 Å². The van der Waals surface area contributed by atoms with Crippen LogP contribution in [0.4, 0.5) is 0 Å². The van der Waals surface area contributed by atoms with Gasteiger partial charge in [-0.2, -0.15) is 0 Å². The van der Waals surface area contributed by atoms with Gasteiger partial charge in [-0.3, -0.25) is 13.8 Å². The second-order valence-corrected chi connectivity index (χ2v) is 8.94. The first-order valence-corrected chi connectivity index (χ1v) is 8.84. The van der Waals surface area contributed by atoms with Crippen LogP contribution in [-0.4, -0.2) is 60.3 Å². The summed E-state index contributed by atoms with van der Waals surface area (Å²) in [5.41, 5.74) is -2.12. The summed E-state index contributed by atoms with van der Waals surface area (Å²) in [5, 5.41) is 9.30. The van der Waals surface area contributed by atoms with Gasteiger partial charge in [-0.1, -0.05) is 6.92 Å². The molecule has 2 N–H and O–H groups in total. The molecule has 22 heavy (non-hydrogen) atoms. The first kappa shape index (κ1) is 21.5. The van der Waals surface area contributed by atoms with Gasteiger partial charge in [0.1, 0.15) is 13.2 Å². The van der Waals surface area contributed by atoms with Crippen molar-refractivity contribution in [1.29, 1.82) is 0 Å². The summed E-state index contributed by atoms with van der Waals surface area (Å²) in [6, 6.07) is 0. The topological polar surface area (TPSA) is 93.1 Å². The fourth-order valence-electron chi connectivity index (χ4n) is 2.09. The van der Waals surface area contributed by atoms with Crippen LogP contribution in [-0.2, 0) is 18.4 Å². The van der Waals surface area contributed by atoms with Crippen LogP contribution in [0.25, 0.3) is 0 Å². The summed E-state index contributed by atoms with van der Waals surface area (Å²) in [6.07, 6.45) is 0.502. The molecule has 0 aromatic rings. The minimum absolute atomic E-state index is 0.0807. The number of nitrogens with zero attached hydrogens (tertiary/aromatic N) is 1. The van der Waals surface area contributed by atoms with E-state index in [1.807, 2.05) is 21.1 Å². The highest BCUT2D eigenvalue weighted by Crippen LogP contribution is 2.50. The summed E-state index contributed by atoms with van der Waals surface area (Å²) in [7, 11) is 1.59. The zero-order valence-electron chi connectivity index (χ0n) is 14.8. The van der Waals surface area contributed by atoms with Gasteiger partial charge in [0.25, 0.3) is 0 Å². The number of hydrogen-bond acceptors (Lipinski definition) is 4. The van der Waals surface area contributed by atoms with Gasteiger partial charge in [0.15, 0.2) is 0 Å². The van der Waals surface area contributed by atoms with Crippen LogP contribution in [0, 0.1) is 5.41 Å². The van der Waals surface area contributed by atoms with Crippen molar-refractivity contribution >= 4 is 13.8 Å². The van der Waals surface area contributed by atoms with Crippen LogP contribution in [0.5, 0.6) is 0 Å². The lowest BCUT2D eigenvalue weighted by Gasteiger charge is -2.34. The first-order chi connectivity index (χ1) is 9.63. The molecular formula is C14H31NO6P+. The first-order valence-electron chi connectivity index (χ1n) is 7.34. The largest absolute Gasteiger partial charge is 0.481 e. The second kappa shape index (κ2) is 7.41. The molecule has 0 amide bonds. The summed E-state index contributed by atoms with van der Waals surface area (Å²) in [5.74, 6) is -0.953. The van der Waals surface area contributed by atoms with Gasteiger partial charge in [0, 0.05) is 0 Å². The Labute approximate surface area is 133 Å². The number of carbonyl (C=O) groups is 1. The molecule has 0 rings (SSSR count). The number of quaternary nitrogens is 1. The van der Waals surface area contributed by atoms with E-state index in [1.165, 1.54) is 0 Å². The molecule has 0 aliphatic rings. The van der Waals surface area contributed by atoms with E-state index in [2.05, 4.69) is 0 Å².